The lowest BCUT2D eigenvalue weighted by Crippen LogP contribution is -2.36. The van der Waals surface area contributed by atoms with Crippen molar-refractivity contribution in [2.45, 2.75) is 38.8 Å². The fourth-order valence-electron chi connectivity index (χ4n) is 2.68. The molecule has 1 heterocycles. The van der Waals surface area contributed by atoms with Gasteiger partial charge in [0.2, 0.25) is 0 Å². The zero-order chi connectivity index (χ0) is 15.7. The molecule has 1 aromatic heterocycles. The van der Waals surface area contributed by atoms with E-state index in [-0.39, 0.29) is 11.9 Å². The summed E-state index contributed by atoms with van der Waals surface area (Å²) >= 11 is 5.95. The molecule has 4 nitrogen and oxygen atoms in total. The van der Waals surface area contributed by atoms with Crippen LogP contribution in [0.2, 0.25) is 5.02 Å². The first-order chi connectivity index (χ1) is 10.6. The molecule has 0 aliphatic heterocycles. The van der Waals surface area contributed by atoms with Crippen molar-refractivity contribution in [1.29, 1.82) is 0 Å². The highest BCUT2D eigenvalue weighted by Gasteiger charge is 2.37. The number of aryl methyl sites for hydroxylation is 1. The van der Waals surface area contributed by atoms with Gasteiger partial charge in [0.15, 0.2) is 0 Å². The Morgan fingerprint density at radius 3 is 2.55 bits per heavy atom. The molecular weight excluding hydrogens is 298 g/mol. The maximum Gasteiger partial charge on any atom is 0.256 e. The molecule has 1 unspecified atom stereocenters. The van der Waals surface area contributed by atoms with E-state index in [4.69, 9.17) is 11.6 Å². The summed E-state index contributed by atoms with van der Waals surface area (Å²) in [5.41, 5.74) is 2.38. The lowest BCUT2D eigenvalue weighted by Gasteiger charge is -2.30. The van der Waals surface area contributed by atoms with Crippen LogP contribution >= 0.6 is 11.6 Å². The van der Waals surface area contributed by atoms with Crippen molar-refractivity contribution in [3.05, 3.63) is 58.4 Å². The molecule has 1 atom stereocenters. The highest BCUT2D eigenvalue weighted by molar-refractivity contribution is 6.30. The molecule has 3 rings (SSSR count). The van der Waals surface area contributed by atoms with Gasteiger partial charge >= 0.3 is 0 Å². The molecule has 1 fully saturated rings. The molecule has 2 aromatic rings. The number of carbonyl (C=O) groups is 1. The summed E-state index contributed by atoms with van der Waals surface area (Å²) in [5, 5.41) is 8.52. The predicted molar refractivity (Wildman–Crippen MR) is 85.8 cm³/mol. The third kappa shape index (κ3) is 2.97. The van der Waals surface area contributed by atoms with Crippen LogP contribution in [-0.2, 0) is 0 Å². The van der Waals surface area contributed by atoms with Gasteiger partial charge in [0.05, 0.1) is 23.5 Å². The zero-order valence-electron chi connectivity index (χ0n) is 12.7. The molecule has 0 bridgehead atoms. The number of aromatic nitrogens is 2. The van der Waals surface area contributed by atoms with Gasteiger partial charge in [-0.1, -0.05) is 23.7 Å². The van der Waals surface area contributed by atoms with Gasteiger partial charge in [-0.2, -0.15) is 10.2 Å². The van der Waals surface area contributed by atoms with Crippen LogP contribution < -0.4 is 0 Å². The first-order valence-corrected chi connectivity index (χ1v) is 7.82. The predicted octanol–water partition coefficient (Wildman–Crippen LogP) is 3.80. The number of hydrogen-bond donors (Lipinski definition) is 0. The first-order valence-electron chi connectivity index (χ1n) is 7.44. The average Bonchev–Trinajstić information content (AvgIpc) is 3.33. The first kappa shape index (κ1) is 15.0. The molecule has 1 aromatic carbocycles. The summed E-state index contributed by atoms with van der Waals surface area (Å²) in [6.45, 7) is 3.88. The van der Waals surface area contributed by atoms with Gasteiger partial charge in [0.1, 0.15) is 0 Å². The van der Waals surface area contributed by atoms with Gasteiger partial charge in [0.25, 0.3) is 5.91 Å². The minimum absolute atomic E-state index is 0.00447. The van der Waals surface area contributed by atoms with Gasteiger partial charge < -0.3 is 4.90 Å². The largest absolute Gasteiger partial charge is 0.329 e. The normalized spacial score (nSPS) is 15.4. The topological polar surface area (TPSA) is 46.1 Å². The van der Waals surface area contributed by atoms with Crippen LogP contribution in [0.3, 0.4) is 0 Å². The molecule has 114 valence electrons. The summed E-state index contributed by atoms with van der Waals surface area (Å²) in [6, 6.07) is 9.75. The summed E-state index contributed by atoms with van der Waals surface area (Å²) < 4.78 is 0. The second kappa shape index (κ2) is 6.05. The summed E-state index contributed by atoms with van der Waals surface area (Å²) in [6.07, 6.45) is 3.68. The molecule has 1 aliphatic rings. The van der Waals surface area contributed by atoms with Crippen molar-refractivity contribution in [1.82, 2.24) is 15.1 Å². The number of amides is 1. The lowest BCUT2D eigenvalue weighted by atomic mass is 10.0. The Balaban J connectivity index is 1.91. The van der Waals surface area contributed by atoms with Gasteiger partial charge in [-0.3, -0.25) is 4.79 Å². The van der Waals surface area contributed by atoms with Crippen molar-refractivity contribution in [3.63, 3.8) is 0 Å². The van der Waals surface area contributed by atoms with E-state index in [0.29, 0.717) is 22.3 Å². The SMILES string of the molecule is Cc1nnccc1C(=O)N(C1CC1)C(C)c1ccc(Cl)cc1. The highest BCUT2D eigenvalue weighted by atomic mass is 35.5. The van der Waals surface area contributed by atoms with E-state index in [0.717, 1.165) is 18.4 Å². The molecule has 1 amide bonds. The van der Waals surface area contributed by atoms with E-state index in [2.05, 4.69) is 17.1 Å². The Kier molecular flexibility index (Phi) is 4.12. The van der Waals surface area contributed by atoms with E-state index in [1.165, 1.54) is 0 Å². The third-order valence-electron chi connectivity index (χ3n) is 4.08. The van der Waals surface area contributed by atoms with Crippen LogP contribution in [0.15, 0.2) is 36.5 Å². The van der Waals surface area contributed by atoms with E-state index < -0.39 is 0 Å². The minimum Gasteiger partial charge on any atom is -0.329 e. The standard InChI is InChI=1S/C17H18ClN3O/c1-11-16(9-10-19-20-11)17(22)21(15-7-8-15)12(2)13-3-5-14(18)6-4-13/h3-6,9-10,12,15H,7-8H2,1-2H3. The Hall–Kier alpha value is -1.94. The number of carbonyl (C=O) groups excluding carboxylic acids is 1. The van der Waals surface area contributed by atoms with Gasteiger partial charge in [-0.05, 0) is 50.5 Å². The van der Waals surface area contributed by atoms with Gasteiger partial charge in [-0.15, -0.1) is 0 Å². The molecule has 1 aliphatic carbocycles. The van der Waals surface area contributed by atoms with Gasteiger partial charge in [-0.25, -0.2) is 0 Å². The number of hydrogen-bond acceptors (Lipinski definition) is 3. The Morgan fingerprint density at radius 1 is 1.27 bits per heavy atom. The fourth-order valence-corrected chi connectivity index (χ4v) is 2.81. The van der Waals surface area contributed by atoms with E-state index in [1.54, 1.807) is 12.3 Å². The second-order valence-corrected chi connectivity index (χ2v) is 6.14. The molecular formula is C17H18ClN3O. The molecule has 1 saturated carbocycles. The van der Waals surface area contributed by atoms with E-state index in [9.17, 15) is 4.79 Å². The monoisotopic (exact) mass is 315 g/mol. The number of halogens is 1. The Morgan fingerprint density at radius 2 is 1.95 bits per heavy atom. The highest BCUT2D eigenvalue weighted by Crippen LogP contribution is 2.36. The Bertz CT molecular complexity index is 683. The summed E-state index contributed by atoms with van der Waals surface area (Å²) in [4.78, 5) is 14.9. The molecule has 22 heavy (non-hydrogen) atoms. The number of nitrogens with zero attached hydrogens (tertiary/aromatic N) is 3. The fraction of sp³-hybridized carbons (Fsp3) is 0.353. The summed E-state index contributed by atoms with van der Waals surface area (Å²) in [7, 11) is 0. The third-order valence-corrected chi connectivity index (χ3v) is 4.33. The van der Waals surface area contributed by atoms with Crippen LogP contribution in [0.4, 0.5) is 0 Å². The van der Waals surface area contributed by atoms with Crippen molar-refractivity contribution in [2.24, 2.45) is 0 Å². The zero-order valence-corrected chi connectivity index (χ0v) is 13.4. The van der Waals surface area contributed by atoms with Crippen molar-refractivity contribution in [3.8, 4) is 0 Å². The second-order valence-electron chi connectivity index (χ2n) is 5.70. The lowest BCUT2D eigenvalue weighted by molar-refractivity contribution is 0.0672. The van der Waals surface area contributed by atoms with Crippen LogP contribution in [-0.4, -0.2) is 27.0 Å². The van der Waals surface area contributed by atoms with Crippen LogP contribution in [0.5, 0.6) is 0 Å². The molecule has 0 spiro atoms. The Labute approximate surface area is 135 Å². The van der Waals surface area contributed by atoms with E-state index >= 15 is 0 Å². The van der Waals surface area contributed by atoms with Crippen molar-refractivity contribution in [2.75, 3.05) is 0 Å². The van der Waals surface area contributed by atoms with Crippen molar-refractivity contribution < 1.29 is 4.79 Å². The van der Waals surface area contributed by atoms with Gasteiger partial charge in [0, 0.05) is 11.1 Å². The van der Waals surface area contributed by atoms with Crippen LogP contribution in [0.25, 0.3) is 0 Å². The van der Waals surface area contributed by atoms with Crippen LogP contribution in [0.1, 0.15) is 47.4 Å². The maximum atomic E-state index is 13.0. The molecule has 0 radical (unpaired) electrons. The smallest absolute Gasteiger partial charge is 0.256 e. The van der Waals surface area contributed by atoms with Crippen molar-refractivity contribution >= 4 is 17.5 Å². The van der Waals surface area contributed by atoms with E-state index in [1.807, 2.05) is 36.1 Å². The molecule has 0 saturated heterocycles. The number of benzene rings is 1. The number of rotatable bonds is 4. The van der Waals surface area contributed by atoms with Crippen LogP contribution in [0, 0.1) is 6.92 Å². The minimum atomic E-state index is 0.00447. The quantitative estimate of drug-likeness (QED) is 0.862. The molecule has 5 heteroatoms. The maximum absolute atomic E-state index is 13.0. The average molecular weight is 316 g/mol. The summed E-state index contributed by atoms with van der Waals surface area (Å²) in [5.74, 6) is 0.0253. The molecule has 0 N–H and O–H groups in total.